The lowest BCUT2D eigenvalue weighted by atomic mass is 9.97. The number of amides is 1. The largest absolute Gasteiger partial charge is 0.350 e. The number of carbonyl (C=O) groups excluding carboxylic acids is 1. The molecule has 0 aliphatic heterocycles. The highest BCUT2D eigenvalue weighted by atomic mass is 16.2. The van der Waals surface area contributed by atoms with Gasteiger partial charge in [-0.1, -0.05) is 23.8 Å². The first kappa shape index (κ1) is 16.2. The predicted octanol–water partition coefficient (Wildman–Crippen LogP) is 2.60. The summed E-state index contributed by atoms with van der Waals surface area (Å²) in [5.74, 6) is -0.298. The molecule has 2 aromatic rings. The van der Waals surface area contributed by atoms with Gasteiger partial charge in [0, 0.05) is 28.7 Å². The molecule has 5 heteroatoms. The summed E-state index contributed by atoms with van der Waals surface area (Å²) >= 11 is 0. The van der Waals surface area contributed by atoms with Crippen LogP contribution < -0.4 is 16.5 Å². The van der Waals surface area contributed by atoms with Crippen LogP contribution in [0.3, 0.4) is 0 Å². The van der Waals surface area contributed by atoms with Crippen molar-refractivity contribution >= 4 is 16.8 Å². The smallest absolute Gasteiger partial charge is 0.271 e. The first-order chi connectivity index (χ1) is 11.5. The Morgan fingerprint density at radius 3 is 2.79 bits per heavy atom. The number of hydrogen-bond acceptors (Lipinski definition) is 3. The van der Waals surface area contributed by atoms with E-state index in [1.54, 1.807) is 18.2 Å². The van der Waals surface area contributed by atoms with Crippen LogP contribution in [0.2, 0.25) is 0 Å². The zero-order chi connectivity index (χ0) is 17.1. The second-order valence-electron chi connectivity index (χ2n) is 6.25. The normalized spacial score (nSPS) is 15.6. The van der Waals surface area contributed by atoms with Crippen molar-refractivity contribution in [2.24, 2.45) is 5.73 Å². The van der Waals surface area contributed by atoms with Crippen LogP contribution in [0.5, 0.6) is 0 Å². The fourth-order valence-electron chi connectivity index (χ4n) is 2.90. The molecule has 1 aliphatic carbocycles. The standard InChI is InChI=1S/C19H21N3O2/c1-12(20)10-13-6-8-14(9-7-13)21-19(24)17-11-18(23)15-4-2-3-5-16(15)22-17/h2-6,8,11-12H,7,9-10,20H2,1H3,(H,21,24)(H,22,23). The zero-order valence-corrected chi connectivity index (χ0v) is 13.6. The van der Waals surface area contributed by atoms with Crippen LogP contribution in [0.1, 0.15) is 36.7 Å². The number of rotatable bonds is 4. The van der Waals surface area contributed by atoms with E-state index in [4.69, 9.17) is 5.73 Å². The van der Waals surface area contributed by atoms with Gasteiger partial charge in [0.25, 0.3) is 5.91 Å². The Balaban J connectivity index is 1.77. The lowest BCUT2D eigenvalue weighted by Crippen LogP contribution is -2.26. The van der Waals surface area contributed by atoms with Crippen LogP contribution in [-0.2, 0) is 0 Å². The van der Waals surface area contributed by atoms with Crippen LogP contribution in [0, 0.1) is 0 Å². The van der Waals surface area contributed by atoms with Crippen molar-refractivity contribution in [1.29, 1.82) is 0 Å². The third-order valence-corrected chi connectivity index (χ3v) is 4.08. The topological polar surface area (TPSA) is 88.0 Å². The van der Waals surface area contributed by atoms with Gasteiger partial charge in [-0.05, 0) is 44.4 Å². The molecule has 1 atom stereocenters. The molecule has 0 saturated heterocycles. The van der Waals surface area contributed by atoms with E-state index < -0.39 is 0 Å². The van der Waals surface area contributed by atoms with Crippen molar-refractivity contribution in [3.63, 3.8) is 0 Å². The number of aromatic amines is 1. The van der Waals surface area contributed by atoms with Crippen molar-refractivity contribution < 1.29 is 4.79 Å². The van der Waals surface area contributed by atoms with Crippen molar-refractivity contribution in [3.8, 4) is 0 Å². The van der Waals surface area contributed by atoms with Gasteiger partial charge in [-0.3, -0.25) is 9.59 Å². The van der Waals surface area contributed by atoms with Gasteiger partial charge >= 0.3 is 0 Å². The number of fused-ring (bicyclic) bond motifs is 1. The highest BCUT2D eigenvalue weighted by molar-refractivity contribution is 5.95. The number of allylic oxidation sites excluding steroid dienone is 3. The Hall–Kier alpha value is -2.66. The van der Waals surface area contributed by atoms with E-state index in [1.807, 2.05) is 25.1 Å². The monoisotopic (exact) mass is 323 g/mol. The van der Waals surface area contributed by atoms with Gasteiger partial charge in [0.15, 0.2) is 5.43 Å². The van der Waals surface area contributed by atoms with E-state index in [0.717, 1.165) is 25.0 Å². The number of para-hydroxylation sites is 1. The quantitative estimate of drug-likeness (QED) is 0.808. The predicted molar refractivity (Wildman–Crippen MR) is 95.7 cm³/mol. The van der Waals surface area contributed by atoms with E-state index in [2.05, 4.69) is 10.3 Å². The van der Waals surface area contributed by atoms with Gasteiger partial charge in [-0.2, -0.15) is 0 Å². The Bertz CT molecular complexity index is 891. The van der Waals surface area contributed by atoms with Gasteiger partial charge < -0.3 is 16.0 Å². The molecule has 0 bridgehead atoms. The van der Waals surface area contributed by atoms with E-state index in [-0.39, 0.29) is 23.1 Å². The number of hydrogen-bond donors (Lipinski definition) is 3. The number of nitrogens with two attached hydrogens (primary N) is 1. The molecule has 1 aromatic carbocycles. The number of nitrogens with one attached hydrogen (secondary N) is 2. The Morgan fingerprint density at radius 1 is 1.29 bits per heavy atom. The maximum Gasteiger partial charge on any atom is 0.271 e. The number of aromatic nitrogens is 1. The van der Waals surface area contributed by atoms with Crippen LogP contribution in [0.25, 0.3) is 10.9 Å². The third kappa shape index (κ3) is 3.63. The van der Waals surface area contributed by atoms with E-state index in [9.17, 15) is 9.59 Å². The minimum absolute atomic E-state index is 0.142. The van der Waals surface area contributed by atoms with Crippen LogP contribution in [0.15, 0.2) is 58.5 Å². The molecular formula is C19H21N3O2. The van der Waals surface area contributed by atoms with E-state index in [0.29, 0.717) is 10.9 Å². The minimum Gasteiger partial charge on any atom is -0.350 e. The molecule has 0 fully saturated rings. The second-order valence-corrected chi connectivity index (χ2v) is 6.25. The van der Waals surface area contributed by atoms with E-state index in [1.165, 1.54) is 11.6 Å². The van der Waals surface area contributed by atoms with E-state index >= 15 is 0 Å². The zero-order valence-electron chi connectivity index (χ0n) is 13.6. The minimum atomic E-state index is -0.298. The number of benzene rings is 1. The highest BCUT2D eigenvalue weighted by Gasteiger charge is 2.13. The maximum atomic E-state index is 12.4. The summed E-state index contributed by atoms with van der Waals surface area (Å²) < 4.78 is 0. The number of carbonyl (C=O) groups is 1. The summed E-state index contributed by atoms with van der Waals surface area (Å²) in [4.78, 5) is 27.5. The van der Waals surface area contributed by atoms with Crippen LogP contribution in [-0.4, -0.2) is 16.9 Å². The molecule has 4 N–H and O–H groups in total. The molecule has 1 aliphatic rings. The summed E-state index contributed by atoms with van der Waals surface area (Å²) in [6.07, 6.45) is 6.46. The summed E-state index contributed by atoms with van der Waals surface area (Å²) in [7, 11) is 0. The SMILES string of the molecule is CC(N)CC1=CC=C(NC(=O)c2cc(=O)c3ccccc3[nH]2)CC1. The summed E-state index contributed by atoms with van der Waals surface area (Å²) in [6.45, 7) is 1.98. The van der Waals surface area contributed by atoms with Crippen molar-refractivity contribution in [2.45, 2.75) is 32.2 Å². The lowest BCUT2D eigenvalue weighted by molar-refractivity contribution is 0.0959. The lowest BCUT2D eigenvalue weighted by Gasteiger charge is -2.17. The molecule has 0 saturated carbocycles. The molecule has 124 valence electrons. The molecule has 0 radical (unpaired) electrons. The molecular weight excluding hydrogens is 302 g/mol. The average Bonchev–Trinajstić information content (AvgIpc) is 2.56. The molecule has 1 amide bonds. The molecule has 5 nitrogen and oxygen atoms in total. The van der Waals surface area contributed by atoms with Crippen molar-refractivity contribution in [3.05, 3.63) is 69.7 Å². The highest BCUT2D eigenvalue weighted by Crippen LogP contribution is 2.20. The summed E-state index contributed by atoms with van der Waals surface area (Å²) in [5.41, 5.74) is 8.72. The van der Waals surface area contributed by atoms with Gasteiger partial charge in [0.05, 0.1) is 0 Å². The molecule has 1 aromatic heterocycles. The van der Waals surface area contributed by atoms with Gasteiger partial charge in [-0.15, -0.1) is 0 Å². The molecule has 1 unspecified atom stereocenters. The Labute approximate surface area is 140 Å². The first-order valence-electron chi connectivity index (χ1n) is 8.10. The Morgan fingerprint density at radius 2 is 2.08 bits per heavy atom. The first-order valence-corrected chi connectivity index (χ1v) is 8.10. The van der Waals surface area contributed by atoms with Crippen LogP contribution in [0.4, 0.5) is 0 Å². The Kier molecular flexibility index (Phi) is 4.62. The summed E-state index contributed by atoms with van der Waals surface area (Å²) in [6, 6.07) is 8.65. The van der Waals surface area contributed by atoms with Gasteiger partial charge in [0.2, 0.25) is 0 Å². The number of pyridine rings is 1. The molecule has 0 spiro atoms. The van der Waals surface area contributed by atoms with Gasteiger partial charge in [-0.25, -0.2) is 0 Å². The maximum absolute atomic E-state index is 12.4. The molecule has 3 rings (SSSR count). The van der Waals surface area contributed by atoms with Crippen molar-refractivity contribution in [2.75, 3.05) is 0 Å². The van der Waals surface area contributed by atoms with Crippen LogP contribution >= 0.6 is 0 Å². The third-order valence-electron chi connectivity index (χ3n) is 4.08. The number of H-pyrrole nitrogens is 1. The van der Waals surface area contributed by atoms with Gasteiger partial charge in [0.1, 0.15) is 5.69 Å². The summed E-state index contributed by atoms with van der Waals surface area (Å²) in [5, 5.41) is 3.46. The fraction of sp³-hybridized carbons (Fsp3) is 0.263. The molecule has 24 heavy (non-hydrogen) atoms. The average molecular weight is 323 g/mol. The molecule has 1 heterocycles. The second kappa shape index (κ2) is 6.84. The fourth-order valence-corrected chi connectivity index (χ4v) is 2.90. The van der Waals surface area contributed by atoms with Crippen molar-refractivity contribution in [1.82, 2.24) is 10.3 Å².